The number of nitrogens with zero attached hydrogens (tertiary/aromatic N) is 1. The van der Waals surface area contributed by atoms with Gasteiger partial charge in [0.2, 0.25) is 12.5 Å². The first-order chi connectivity index (χ1) is 10.5. The Hall–Kier alpha value is -2.44. The molecule has 2 unspecified atom stereocenters. The van der Waals surface area contributed by atoms with Crippen molar-refractivity contribution < 1.29 is 19.6 Å². The molecule has 126 valence electrons. The zero-order chi connectivity index (χ0) is 17.8. The van der Waals surface area contributed by atoms with Gasteiger partial charge in [0.05, 0.1) is 5.92 Å². The van der Waals surface area contributed by atoms with Crippen molar-refractivity contribution in [2.24, 2.45) is 11.3 Å². The first-order valence-electron chi connectivity index (χ1n) is 7.25. The number of nitro groups is 1. The van der Waals surface area contributed by atoms with Gasteiger partial charge in [-0.15, -0.1) is 0 Å². The summed E-state index contributed by atoms with van der Waals surface area (Å²) in [7, 11) is 0. The van der Waals surface area contributed by atoms with Crippen LogP contribution >= 0.6 is 0 Å². The van der Waals surface area contributed by atoms with Crippen molar-refractivity contribution in [1.29, 1.82) is 0 Å². The van der Waals surface area contributed by atoms with Crippen molar-refractivity contribution in [3.05, 3.63) is 46.0 Å². The van der Waals surface area contributed by atoms with Crippen LogP contribution in [0.3, 0.4) is 0 Å². The Morgan fingerprint density at radius 2 is 1.78 bits per heavy atom. The number of nitrogens with one attached hydrogen (secondary N) is 1. The van der Waals surface area contributed by atoms with E-state index in [0.29, 0.717) is 5.56 Å². The number of carbonyl (C=O) groups excluding carboxylic acids is 1. The number of rotatable bonds is 6. The standard InChI is InChI=1S/C16H22N2O5/c1-11(10-18(22)23)16(14(20)21,12-8-6-5-7-9-12)17-13(19)15(2,3)4/h5-9,11H,10H2,1-4H3,(H,17,19)(H,20,21). The maximum atomic E-state index is 12.4. The van der Waals surface area contributed by atoms with E-state index in [2.05, 4.69) is 5.32 Å². The first kappa shape index (κ1) is 18.6. The van der Waals surface area contributed by atoms with Crippen LogP contribution in [0.2, 0.25) is 0 Å². The third-order valence-electron chi connectivity index (χ3n) is 3.72. The molecule has 0 aliphatic carbocycles. The van der Waals surface area contributed by atoms with Gasteiger partial charge in [-0.3, -0.25) is 14.9 Å². The van der Waals surface area contributed by atoms with Crippen LogP contribution in [-0.2, 0) is 15.1 Å². The van der Waals surface area contributed by atoms with Gasteiger partial charge in [-0.1, -0.05) is 58.0 Å². The normalized spacial score (nSPS) is 15.3. The van der Waals surface area contributed by atoms with E-state index in [4.69, 9.17) is 0 Å². The molecule has 1 rings (SSSR count). The van der Waals surface area contributed by atoms with Crippen LogP contribution in [0.5, 0.6) is 0 Å². The molecule has 1 aromatic carbocycles. The van der Waals surface area contributed by atoms with Crippen LogP contribution in [0, 0.1) is 21.4 Å². The molecule has 0 heterocycles. The number of hydrogen-bond acceptors (Lipinski definition) is 4. The lowest BCUT2D eigenvalue weighted by Gasteiger charge is -2.36. The van der Waals surface area contributed by atoms with Crippen molar-refractivity contribution in [3.8, 4) is 0 Å². The monoisotopic (exact) mass is 322 g/mol. The Morgan fingerprint density at radius 1 is 1.26 bits per heavy atom. The van der Waals surface area contributed by atoms with Gasteiger partial charge >= 0.3 is 5.97 Å². The maximum Gasteiger partial charge on any atom is 0.334 e. The fourth-order valence-electron chi connectivity index (χ4n) is 2.30. The minimum absolute atomic E-state index is 0.305. The molecule has 23 heavy (non-hydrogen) atoms. The van der Waals surface area contributed by atoms with Crippen LogP contribution in [0.4, 0.5) is 0 Å². The summed E-state index contributed by atoms with van der Waals surface area (Å²) in [4.78, 5) is 34.8. The lowest BCUT2D eigenvalue weighted by atomic mass is 9.77. The number of hydrogen-bond donors (Lipinski definition) is 2. The fraction of sp³-hybridized carbons (Fsp3) is 0.500. The second-order valence-corrected chi connectivity index (χ2v) is 6.60. The van der Waals surface area contributed by atoms with Crippen LogP contribution < -0.4 is 5.32 Å². The molecule has 0 fully saturated rings. The Bertz CT molecular complexity index is 594. The third-order valence-corrected chi connectivity index (χ3v) is 3.72. The van der Waals surface area contributed by atoms with E-state index in [9.17, 15) is 24.8 Å². The smallest absolute Gasteiger partial charge is 0.334 e. The number of aliphatic carboxylic acids is 1. The average Bonchev–Trinajstić information content (AvgIpc) is 2.43. The van der Waals surface area contributed by atoms with Crippen molar-refractivity contribution in [2.45, 2.75) is 33.2 Å². The molecule has 0 aliphatic rings. The fourth-order valence-corrected chi connectivity index (χ4v) is 2.30. The van der Waals surface area contributed by atoms with E-state index in [1.54, 1.807) is 51.1 Å². The van der Waals surface area contributed by atoms with Crippen LogP contribution in [0.15, 0.2) is 30.3 Å². The molecule has 7 nitrogen and oxygen atoms in total. The summed E-state index contributed by atoms with van der Waals surface area (Å²) in [6.07, 6.45) is 0. The Morgan fingerprint density at radius 3 is 2.17 bits per heavy atom. The summed E-state index contributed by atoms with van der Waals surface area (Å²) in [5.74, 6) is -2.75. The van der Waals surface area contributed by atoms with E-state index >= 15 is 0 Å². The van der Waals surface area contributed by atoms with Gasteiger partial charge in [-0.2, -0.15) is 0 Å². The number of benzene rings is 1. The minimum atomic E-state index is -1.86. The second kappa shape index (κ2) is 6.76. The summed E-state index contributed by atoms with van der Waals surface area (Å²) in [5.41, 5.74) is -2.39. The van der Waals surface area contributed by atoms with Crippen LogP contribution in [0.25, 0.3) is 0 Å². The number of carboxylic acid groups (broad SMARTS) is 1. The summed E-state index contributed by atoms with van der Waals surface area (Å²) < 4.78 is 0. The zero-order valence-electron chi connectivity index (χ0n) is 13.7. The zero-order valence-corrected chi connectivity index (χ0v) is 13.7. The Balaban J connectivity index is 3.46. The molecule has 0 spiro atoms. The van der Waals surface area contributed by atoms with Gasteiger partial charge in [0.1, 0.15) is 0 Å². The first-order valence-corrected chi connectivity index (χ1v) is 7.25. The highest BCUT2D eigenvalue weighted by molar-refractivity contribution is 5.90. The maximum absolute atomic E-state index is 12.4. The highest BCUT2D eigenvalue weighted by Crippen LogP contribution is 2.32. The SMILES string of the molecule is CC(C[N+](=O)[O-])C(NC(=O)C(C)(C)C)(C(=O)O)c1ccccc1. The van der Waals surface area contributed by atoms with Gasteiger partial charge in [-0.05, 0) is 5.56 Å². The third kappa shape index (κ3) is 4.06. The van der Waals surface area contributed by atoms with Gasteiger partial charge < -0.3 is 10.4 Å². The van der Waals surface area contributed by atoms with E-state index in [-0.39, 0.29) is 0 Å². The minimum Gasteiger partial charge on any atom is -0.479 e. The van der Waals surface area contributed by atoms with Crippen LogP contribution in [-0.4, -0.2) is 28.5 Å². The molecule has 7 heteroatoms. The predicted octanol–water partition coefficient (Wildman–Crippen LogP) is 2.04. The lowest BCUT2D eigenvalue weighted by molar-refractivity contribution is -0.489. The lowest BCUT2D eigenvalue weighted by Crippen LogP contribution is -2.59. The Kier molecular flexibility index (Phi) is 5.47. The molecule has 1 aromatic rings. The molecule has 0 bridgehead atoms. The molecule has 0 saturated heterocycles. The molecule has 2 atom stereocenters. The van der Waals surface area contributed by atoms with Crippen LogP contribution in [0.1, 0.15) is 33.3 Å². The highest BCUT2D eigenvalue weighted by atomic mass is 16.6. The van der Waals surface area contributed by atoms with E-state index in [0.717, 1.165) is 0 Å². The molecular formula is C16H22N2O5. The molecular weight excluding hydrogens is 300 g/mol. The predicted molar refractivity (Wildman–Crippen MR) is 84.4 cm³/mol. The topological polar surface area (TPSA) is 110 Å². The largest absolute Gasteiger partial charge is 0.479 e. The van der Waals surface area contributed by atoms with Gasteiger partial charge in [-0.25, -0.2) is 4.79 Å². The van der Waals surface area contributed by atoms with Gasteiger partial charge in [0.25, 0.3) is 0 Å². The molecule has 1 amide bonds. The Labute approximate surface area is 134 Å². The van der Waals surface area contributed by atoms with Crippen molar-refractivity contribution in [2.75, 3.05) is 6.54 Å². The van der Waals surface area contributed by atoms with Crippen molar-refractivity contribution in [3.63, 3.8) is 0 Å². The van der Waals surface area contributed by atoms with Gasteiger partial charge in [0.15, 0.2) is 5.54 Å². The molecule has 0 saturated carbocycles. The number of carbonyl (C=O) groups is 2. The highest BCUT2D eigenvalue weighted by Gasteiger charge is 2.50. The summed E-state index contributed by atoms with van der Waals surface area (Å²) in [5, 5.41) is 23.3. The number of amides is 1. The molecule has 2 N–H and O–H groups in total. The molecule has 0 aliphatic heterocycles. The molecule has 0 aromatic heterocycles. The average molecular weight is 322 g/mol. The van der Waals surface area contributed by atoms with Crippen molar-refractivity contribution >= 4 is 11.9 Å². The number of carboxylic acids is 1. The van der Waals surface area contributed by atoms with E-state index in [1.165, 1.54) is 6.92 Å². The van der Waals surface area contributed by atoms with E-state index < -0.39 is 40.2 Å². The summed E-state index contributed by atoms with van der Waals surface area (Å²) in [6.45, 7) is 5.83. The van der Waals surface area contributed by atoms with Crippen molar-refractivity contribution in [1.82, 2.24) is 5.32 Å². The quantitative estimate of drug-likeness (QED) is 0.615. The van der Waals surface area contributed by atoms with E-state index in [1.807, 2.05) is 0 Å². The summed E-state index contributed by atoms with van der Waals surface area (Å²) in [6, 6.07) is 8.07. The second-order valence-electron chi connectivity index (χ2n) is 6.60. The summed E-state index contributed by atoms with van der Waals surface area (Å²) >= 11 is 0. The van der Waals surface area contributed by atoms with Gasteiger partial charge in [0, 0.05) is 10.3 Å². The molecule has 0 radical (unpaired) electrons.